The van der Waals surface area contributed by atoms with Gasteiger partial charge in [0.25, 0.3) is 0 Å². The maximum absolute atomic E-state index is 10.0. The lowest BCUT2D eigenvalue weighted by atomic mass is 10.1. The summed E-state index contributed by atoms with van der Waals surface area (Å²) in [6, 6.07) is 54.3. The molecule has 0 aliphatic heterocycles. The van der Waals surface area contributed by atoms with Gasteiger partial charge in [-0.2, -0.15) is 15.4 Å². The van der Waals surface area contributed by atoms with E-state index in [0.717, 1.165) is 50.6 Å². The number of fused-ring (bicyclic) bond motifs is 2. The lowest BCUT2D eigenvalue weighted by Crippen LogP contribution is -2.10. The lowest BCUT2D eigenvalue weighted by Gasteiger charge is -2.12. The van der Waals surface area contributed by atoms with Crippen molar-refractivity contribution in [3.05, 3.63) is 192 Å². The number of para-hydroxylation sites is 3. The van der Waals surface area contributed by atoms with Gasteiger partial charge in [0.1, 0.15) is 28.9 Å². The first kappa shape index (κ1) is 33.3. The highest BCUT2D eigenvalue weighted by Crippen LogP contribution is 2.21. The second-order valence-corrected chi connectivity index (χ2v) is 10.3. The van der Waals surface area contributed by atoms with Gasteiger partial charge in [-0.1, -0.05) is 144 Å². The normalized spacial score (nSPS) is 10.3. The minimum absolute atomic E-state index is 0.182. The topological polar surface area (TPSA) is 89.4 Å². The molecule has 49 heavy (non-hydrogen) atoms. The van der Waals surface area contributed by atoms with E-state index in [9.17, 15) is 4.79 Å². The molecule has 8 rings (SSSR count). The number of hydrogen-bond donors (Lipinski definition) is 1. The average molecular weight is 637 g/mol. The van der Waals surface area contributed by atoms with Crippen LogP contribution in [-0.2, 0) is 0 Å². The molecule has 0 fully saturated rings. The van der Waals surface area contributed by atoms with Crippen LogP contribution in [0.15, 0.2) is 170 Å². The van der Waals surface area contributed by atoms with Gasteiger partial charge in [0.05, 0.1) is 5.52 Å². The third kappa shape index (κ3) is 9.95. The number of rotatable bonds is 3. The van der Waals surface area contributed by atoms with Crippen LogP contribution < -0.4 is 0 Å². The predicted molar refractivity (Wildman–Crippen MR) is 196 cm³/mol. The fourth-order valence-electron chi connectivity index (χ4n) is 4.52. The Hall–Kier alpha value is -7.09. The van der Waals surface area contributed by atoms with E-state index < -0.39 is 0 Å². The average Bonchev–Trinajstić information content (AvgIpc) is 3.85. The molecular formula is C42H32N6O. The molecule has 2 aromatic heterocycles. The van der Waals surface area contributed by atoms with E-state index in [1.165, 1.54) is 0 Å². The van der Waals surface area contributed by atoms with Crippen LogP contribution in [0.5, 0.6) is 0 Å². The van der Waals surface area contributed by atoms with Crippen LogP contribution in [0.25, 0.3) is 22.1 Å². The molecular weight excluding hydrogens is 605 g/mol. The Bertz CT molecular complexity index is 2230. The molecule has 1 unspecified atom stereocenters. The Kier molecular flexibility index (Phi) is 12.3. The zero-order valence-electron chi connectivity index (χ0n) is 26.5. The third-order valence-electron chi connectivity index (χ3n) is 6.96. The summed E-state index contributed by atoms with van der Waals surface area (Å²) in [4.78, 5) is 10.0. The number of carbonyl (C=O) groups is 1. The smallest absolute Gasteiger partial charge is 0.150 e. The number of aromatic nitrogens is 6. The zero-order chi connectivity index (χ0) is 33.9. The molecule has 236 valence electrons. The molecule has 0 bridgehead atoms. The van der Waals surface area contributed by atoms with E-state index in [0.29, 0.717) is 0 Å². The molecule has 0 amide bonds. The first-order valence-corrected chi connectivity index (χ1v) is 15.4. The minimum atomic E-state index is -0.182. The largest absolute Gasteiger partial charge is 0.298 e. The van der Waals surface area contributed by atoms with Gasteiger partial charge in [-0.25, -0.2) is 4.68 Å². The summed E-state index contributed by atoms with van der Waals surface area (Å²) >= 11 is 0. The van der Waals surface area contributed by atoms with Crippen molar-refractivity contribution >= 4 is 28.4 Å². The summed E-state index contributed by atoms with van der Waals surface area (Å²) in [5.41, 5.74) is 7.43. The number of terminal acetylenes is 1. The van der Waals surface area contributed by atoms with Crippen LogP contribution in [0.3, 0.4) is 0 Å². The van der Waals surface area contributed by atoms with E-state index in [-0.39, 0.29) is 6.04 Å². The molecule has 0 spiro atoms. The molecule has 0 aliphatic carbocycles. The molecule has 7 heteroatoms. The monoisotopic (exact) mass is 636 g/mol. The number of H-pyrrole nitrogens is 1. The highest BCUT2D eigenvalue weighted by Gasteiger charge is 2.15. The minimum Gasteiger partial charge on any atom is -0.298 e. The van der Waals surface area contributed by atoms with Crippen molar-refractivity contribution in [2.75, 3.05) is 0 Å². The standard InChI is InChI=1S/C21H15N3.C8H6.C7H6O.C6H5N3/c1-3-9-17(10-4-1)15-16-20(18-11-5-2-6-12-18)24-21-14-8-7-13-19(21)22-23-24;1-2-8-6-4-3-5-7-8;8-6-7-4-2-1-3-5-7;1-2-4-6-5(3-1)7-9-8-6/h1-14,20H;1,3-7H;1-6H;1-4H,(H,7,8,9). The Morgan fingerprint density at radius 2 is 1.08 bits per heavy atom. The Morgan fingerprint density at radius 1 is 0.592 bits per heavy atom. The van der Waals surface area contributed by atoms with E-state index in [1.807, 2.05) is 150 Å². The Balaban J connectivity index is 0.000000152. The quantitative estimate of drug-likeness (QED) is 0.156. The molecule has 6 aromatic carbocycles. The molecule has 7 nitrogen and oxygen atoms in total. The predicted octanol–water partition coefficient (Wildman–Crippen LogP) is 8.20. The van der Waals surface area contributed by atoms with Crippen molar-refractivity contribution in [1.82, 2.24) is 30.4 Å². The van der Waals surface area contributed by atoms with E-state index in [4.69, 9.17) is 6.42 Å². The fraction of sp³-hybridized carbons (Fsp3) is 0.0238. The number of nitrogens with one attached hydrogen (secondary N) is 1. The molecule has 0 radical (unpaired) electrons. The highest BCUT2D eigenvalue weighted by atomic mass is 16.1. The number of nitrogens with zero attached hydrogens (tertiary/aromatic N) is 5. The van der Waals surface area contributed by atoms with Gasteiger partial charge >= 0.3 is 0 Å². The third-order valence-corrected chi connectivity index (χ3v) is 6.96. The second kappa shape index (κ2) is 18.2. The SMILES string of the molecule is C#Cc1ccccc1.C(#CC(c1ccccc1)n1nnc2ccccc21)c1ccccc1.O=Cc1ccccc1.c1ccc2n[nH]nc2c1. The van der Waals surface area contributed by atoms with Crippen LogP contribution in [0, 0.1) is 24.2 Å². The molecule has 0 aliphatic rings. The molecule has 1 atom stereocenters. The molecule has 8 aromatic rings. The van der Waals surface area contributed by atoms with Gasteiger partial charge in [-0.05, 0) is 54.1 Å². The van der Waals surface area contributed by atoms with Crippen molar-refractivity contribution in [3.63, 3.8) is 0 Å². The molecule has 0 saturated carbocycles. The number of aromatic amines is 1. The van der Waals surface area contributed by atoms with E-state index >= 15 is 0 Å². The van der Waals surface area contributed by atoms with Gasteiger partial charge < -0.3 is 0 Å². The van der Waals surface area contributed by atoms with Gasteiger partial charge in [-0.15, -0.1) is 11.5 Å². The summed E-state index contributed by atoms with van der Waals surface area (Å²) in [5.74, 6) is 9.14. The van der Waals surface area contributed by atoms with E-state index in [2.05, 4.69) is 55.6 Å². The van der Waals surface area contributed by atoms with Crippen LogP contribution in [0.2, 0.25) is 0 Å². The highest BCUT2D eigenvalue weighted by molar-refractivity contribution is 5.75. The van der Waals surface area contributed by atoms with E-state index in [1.54, 1.807) is 12.1 Å². The summed E-state index contributed by atoms with van der Waals surface area (Å²) in [5, 5.41) is 18.9. The van der Waals surface area contributed by atoms with Crippen molar-refractivity contribution in [3.8, 4) is 24.2 Å². The van der Waals surface area contributed by atoms with Crippen molar-refractivity contribution in [2.24, 2.45) is 0 Å². The number of carbonyl (C=O) groups excluding carboxylic acids is 1. The van der Waals surface area contributed by atoms with Gasteiger partial charge in [0.15, 0.2) is 0 Å². The van der Waals surface area contributed by atoms with Crippen LogP contribution in [0.1, 0.15) is 33.1 Å². The van der Waals surface area contributed by atoms with Gasteiger partial charge in [0, 0.05) is 16.7 Å². The summed E-state index contributed by atoms with van der Waals surface area (Å²) < 4.78 is 1.89. The first-order valence-electron chi connectivity index (χ1n) is 15.4. The zero-order valence-corrected chi connectivity index (χ0v) is 26.5. The number of hydrogen-bond acceptors (Lipinski definition) is 5. The fourth-order valence-corrected chi connectivity index (χ4v) is 4.52. The van der Waals surface area contributed by atoms with Crippen molar-refractivity contribution in [2.45, 2.75) is 6.04 Å². The number of aldehydes is 1. The van der Waals surface area contributed by atoms with Crippen molar-refractivity contribution < 1.29 is 4.79 Å². The first-order chi connectivity index (χ1) is 24.2. The lowest BCUT2D eigenvalue weighted by molar-refractivity contribution is 0.112. The molecule has 0 saturated heterocycles. The van der Waals surface area contributed by atoms with Crippen molar-refractivity contribution in [1.29, 1.82) is 0 Å². The summed E-state index contributed by atoms with van der Waals surface area (Å²) in [6.45, 7) is 0. The molecule has 1 N–H and O–H groups in total. The van der Waals surface area contributed by atoms with Crippen LogP contribution >= 0.6 is 0 Å². The summed E-state index contributed by atoms with van der Waals surface area (Å²) in [6.07, 6.45) is 5.93. The Morgan fingerprint density at radius 3 is 1.61 bits per heavy atom. The van der Waals surface area contributed by atoms with Gasteiger partial charge in [0.2, 0.25) is 0 Å². The van der Waals surface area contributed by atoms with Crippen LogP contribution in [-0.4, -0.2) is 36.7 Å². The maximum Gasteiger partial charge on any atom is 0.150 e. The van der Waals surface area contributed by atoms with Gasteiger partial charge in [-0.3, -0.25) is 4.79 Å². The van der Waals surface area contributed by atoms with Crippen LogP contribution in [0.4, 0.5) is 0 Å². The second-order valence-electron chi connectivity index (χ2n) is 10.3. The maximum atomic E-state index is 10.0. The number of benzene rings is 6. The molecule has 2 heterocycles. The summed E-state index contributed by atoms with van der Waals surface area (Å²) in [7, 11) is 0. The Labute approximate surface area is 285 Å².